The highest BCUT2D eigenvalue weighted by molar-refractivity contribution is 7.08. The Morgan fingerprint density at radius 2 is 1.71 bits per heavy atom. The quantitative estimate of drug-likeness (QED) is 0.677. The van der Waals surface area contributed by atoms with Crippen molar-refractivity contribution in [3.05, 3.63) is 56.8 Å². The third kappa shape index (κ3) is 2.35. The lowest BCUT2D eigenvalue weighted by Crippen LogP contribution is -2.00. The van der Waals surface area contributed by atoms with Crippen LogP contribution >= 0.6 is 22.9 Å². The van der Waals surface area contributed by atoms with Crippen LogP contribution in [0.5, 0.6) is 0 Å². The molecule has 1 atom stereocenters. The summed E-state index contributed by atoms with van der Waals surface area (Å²) >= 11 is 7.77. The van der Waals surface area contributed by atoms with Crippen molar-refractivity contribution in [1.82, 2.24) is 0 Å². The number of hydrogen-bond donors (Lipinski definition) is 0. The van der Waals surface area contributed by atoms with E-state index < -0.39 is 17.0 Å². The van der Waals surface area contributed by atoms with E-state index in [1.807, 2.05) is 17.7 Å². The SMILES string of the molecule is Cc1cc(C(Cl)c2cscc2C)c(F)cc1F. The Labute approximate surface area is 108 Å². The molecule has 2 aromatic rings. The predicted molar refractivity (Wildman–Crippen MR) is 67.8 cm³/mol. The molecule has 0 amide bonds. The molecule has 0 N–H and O–H groups in total. The van der Waals surface area contributed by atoms with Crippen molar-refractivity contribution >= 4 is 22.9 Å². The van der Waals surface area contributed by atoms with E-state index in [-0.39, 0.29) is 0 Å². The highest BCUT2D eigenvalue weighted by Gasteiger charge is 2.19. The van der Waals surface area contributed by atoms with Crippen LogP contribution in [0, 0.1) is 25.5 Å². The summed E-state index contributed by atoms with van der Waals surface area (Å²) in [6.07, 6.45) is 0. The van der Waals surface area contributed by atoms with Gasteiger partial charge in [0.25, 0.3) is 0 Å². The third-order valence-electron chi connectivity index (χ3n) is 2.72. The molecule has 0 nitrogen and oxygen atoms in total. The Bertz CT molecular complexity index is 548. The summed E-state index contributed by atoms with van der Waals surface area (Å²) < 4.78 is 26.8. The standard InChI is InChI=1S/C13H11ClF2S/c1-7-3-9(12(16)4-11(7)15)13(14)10-6-17-5-8(10)2/h3-6,13H,1-2H3. The molecule has 0 aliphatic heterocycles. The summed E-state index contributed by atoms with van der Waals surface area (Å²) in [4.78, 5) is 0. The van der Waals surface area contributed by atoms with Gasteiger partial charge in [0.15, 0.2) is 0 Å². The highest BCUT2D eigenvalue weighted by Crippen LogP contribution is 2.35. The molecular formula is C13H11ClF2S. The van der Waals surface area contributed by atoms with Crippen molar-refractivity contribution in [2.24, 2.45) is 0 Å². The minimum atomic E-state index is -0.598. The lowest BCUT2D eigenvalue weighted by atomic mass is 10.0. The van der Waals surface area contributed by atoms with E-state index in [0.717, 1.165) is 17.2 Å². The average molecular weight is 273 g/mol. The van der Waals surface area contributed by atoms with Gasteiger partial charge in [-0.3, -0.25) is 0 Å². The Kier molecular flexibility index (Phi) is 3.50. The van der Waals surface area contributed by atoms with Crippen LogP contribution < -0.4 is 0 Å². The summed E-state index contributed by atoms with van der Waals surface area (Å²) in [6, 6.07) is 2.36. The number of aryl methyl sites for hydroxylation is 2. The van der Waals surface area contributed by atoms with Crippen molar-refractivity contribution in [2.45, 2.75) is 19.2 Å². The van der Waals surface area contributed by atoms with Crippen LogP contribution in [-0.2, 0) is 0 Å². The third-order valence-corrected chi connectivity index (χ3v) is 4.07. The molecule has 0 aliphatic rings. The first kappa shape index (κ1) is 12.5. The first-order valence-electron chi connectivity index (χ1n) is 5.13. The van der Waals surface area contributed by atoms with Gasteiger partial charge in [-0.25, -0.2) is 8.78 Å². The summed E-state index contributed by atoms with van der Waals surface area (Å²) in [5.41, 5.74) is 2.63. The second-order valence-electron chi connectivity index (χ2n) is 4.00. The Balaban J connectivity index is 2.48. The number of thiophene rings is 1. The normalized spacial score (nSPS) is 12.8. The summed E-state index contributed by atoms with van der Waals surface area (Å²) in [5, 5.41) is 3.28. The molecular weight excluding hydrogens is 262 g/mol. The molecule has 0 aliphatic carbocycles. The minimum absolute atomic E-state index is 0.326. The molecule has 0 spiro atoms. The number of benzene rings is 1. The van der Waals surface area contributed by atoms with E-state index >= 15 is 0 Å². The molecule has 90 valence electrons. The molecule has 0 bridgehead atoms. The average Bonchev–Trinajstić information content (AvgIpc) is 2.69. The van der Waals surface area contributed by atoms with Crippen molar-refractivity contribution in [3.8, 4) is 0 Å². The fraction of sp³-hybridized carbons (Fsp3) is 0.231. The van der Waals surface area contributed by atoms with Gasteiger partial charge in [-0.1, -0.05) is 0 Å². The van der Waals surface area contributed by atoms with Gasteiger partial charge in [0, 0.05) is 11.6 Å². The molecule has 17 heavy (non-hydrogen) atoms. The summed E-state index contributed by atoms with van der Waals surface area (Å²) in [5.74, 6) is -1.14. The van der Waals surface area contributed by atoms with E-state index in [9.17, 15) is 8.78 Å². The number of hydrogen-bond acceptors (Lipinski definition) is 1. The zero-order valence-corrected chi connectivity index (χ0v) is 11.0. The van der Waals surface area contributed by atoms with Gasteiger partial charge in [0.2, 0.25) is 0 Å². The van der Waals surface area contributed by atoms with Gasteiger partial charge in [-0.2, -0.15) is 11.3 Å². The van der Waals surface area contributed by atoms with Crippen LogP contribution in [0.25, 0.3) is 0 Å². The highest BCUT2D eigenvalue weighted by atomic mass is 35.5. The van der Waals surface area contributed by atoms with Crippen LogP contribution in [0.3, 0.4) is 0 Å². The van der Waals surface area contributed by atoms with Crippen LogP contribution in [0.2, 0.25) is 0 Å². The monoisotopic (exact) mass is 272 g/mol. The van der Waals surface area contributed by atoms with Gasteiger partial charge in [-0.05, 0) is 47.4 Å². The molecule has 2 rings (SSSR count). The van der Waals surface area contributed by atoms with Crippen molar-refractivity contribution in [2.75, 3.05) is 0 Å². The topological polar surface area (TPSA) is 0 Å². The second-order valence-corrected chi connectivity index (χ2v) is 5.18. The largest absolute Gasteiger partial charge is 0.207 e. The van der Waals surface area contributed by atoms with Crippen LogP contribution in [-0.4, -0.2) is 0 Å². The molecule has 1 heterocycles. The summed E-state index contributed by atoms with van der Waals surface area (Å²) in [6.45, 7) is 3.53. The van der Waals surface area contributed by atoms with E-state index in [0.29, 0.717) is 11.1 Å². The predicted octanol–water partition coefficient (Wildman–Crippen LogP) is 4.97. The molecule has 1 aromatic heterocycles. The fourth-order valence-electron chi connectivity index (χ4n) is 1.67. The van der Waals surface area contributed by atoms with Gasteiger partial charge in [0.1, 0.15) is 11.6 Å². The molecule has 1 aromatic carbocycles. The molecule has 0 radical (unpaired) electrons. The second kappa shape index (κ2) is 4.75. The minimum Gasteiger partial charge on any atom is -0.207 e. The molecule has 0 fully saturated rings. The Hall–Kier alpha value is -0.930. The number of alkyl halides is 1. The van der Waals surface area contributed by atoms with Crippen LogP contribution in [0.1, 0.15) is 27.6 Å². The maximum Gasteiger partial charge on any atom is 0.131 e. The lowest BCUT2D eigenvalue weighted by Gasteiger charge is -2.12. The van der Waals surface area contributed by atoms with E-state index in [2.05, 4.69) is 0 Å². The van der Waals surface area contributed by atoms with E-state index in [1.165, 1.54) is 17.4 Å². The van der Waals surface area contributed by atoms with Crippen LogP contribution in [0.15, 0.2) is 22.9 Å². The zero-order chi connectivity index (χ0) is 12.6. The van der Waals surface area contributed by atoms with Crippen LogP contribution in [0.4, 0.5) is 8.78 Å². The maximum atomic E-state index is 13.7. The van der Waals surface area contributed by atoms with Crippen molar-refractivity contribution in [1.29, 1.82) is 0 Å². The maximum absolute atomic E-state index is 13.7. The zero-order valence-electron chi connectivity index (χ0n) is 9.43. The van der Waals surface area contributed by atoms with Crippen molar-refractivity contribution < 1.29 is 8.78 Å². The Morgan fingerprint density at radius 3 is 2.29 bits per heavy atom. The van der Waals surface area contributed by atoms with Gasteiger partial charge < -0.3 is 0 Å². The number of rotatable bonds is 2. The molecule has 0 saturated carbocycles. The van der Waals surface area contributed by atoms with Gasteiger partial charge in [0.05, 0.1) is 5.38 Å². The van der Waals surface area contributed by atoms with E-state index in [4.69, 9.17) is 11.6 Å². The molecule has 4 heteroatoms. The fourth-order valence-corrected chi connectivity index (χ4v) is 3.03. The number of halogens is 3. The van der Waals surface area contributed by atoms with Crippen molar-refractivity contribution in [3.63, 3.8) is 0 Å². The first-order chi connectivity index (χ1) is 8.00. The first-order valence-corrected chi connectivity index (χ1v) is 6.51. The van der Waals surface area contributed by atoms with Gasteiger partial charge >= 0.3 is 0 Å². The molecule has 1 unspecified atom stereocenters. The Morgan fingerprint density at radius 1 is 1.00 bits per heavy atom. The lowest BCUT2D eigenvalue weighted by molar-refractivity contribution is 0.568. The van der Waals surface area contributed by atoms with E-state index in [1.54, 1.807) is 6.92 Å². The van der Waals surface area contributed by atoms with Gasteiger partial charge in [-0.15, -0.1) is 11.6 Å². The summed E-state index contributed by atoms with van der Waals surface area (Å²) in [7, 11) is 0. The molecule has 0 saturated heterocycles. The smallest absolute Gasteiger partial charge is 0.131 e.